The molecule has 5 aliphatic carbocycles. The molecule has 0 saturated heterocycles. The number of hydrogen-bond donors (Lipinski definition) is 1. The second-order valence-corrected chi connectivity index (χ2v) is 14.5. The molecule has 5 rings (SSSR count). The van der Waals surface area contributed by atoms with Gasteiger partial charge < -0.3 is 9.94 Å². The highest BCUT2D eigenvalue weighted by molar-refractivity contribution is 6.07. The van der Waals surface area contributed by atoms with Crippen molar-refractivity contribution in [1.82, 2.24) is 0 Å². The predicted octanol–water partition coefficient (Wildman–Crippen LogP) is 6.83. The van der Waals surface area contributed by atoms with E-state index in [1.165, 1.54) is 31.9 Å². The van der Waals surface area contributed by atoms with Crippen LogP contribution < -0.4 is 0 Å². The van der Waals surface area contributed by atoms with E-state index in [2.05, 4.69) is 52.8 Å². The van der Waals surface area contributed by atoms with Crippen LogP contribution in [0.2, 0.25) is 0 Å². The fourth-order valence-corrected chi connectivity index (χ4v) is 10.8. The number of oxime groups is 1. The zero-order valence-corrected chi connectivity index (χ0v) is 23.7. The second-order valence-electron chi connectivity index (χ2n) is 14.5. The maximum absolute atomic E-state index is 14.4. The summed E-state index contributed by atoms with van der Waals surface area (Å²) in [5, 5.41) is 13.5. The Balaban J connectivity index is 1.65. The van der Waals surface area contributed by atoms with Gasteiger partial charge in [-0.3, -0.25) is 9.59 Å². The summed E-state index contributed by atoms with van der Waals surface area (Å²) in [6.45, 7) is 16.3. The summed E-state index contributed by atoms with van der Waals surface area (Å²) in [4.78, 5) is 27.6. The first-order chi connectivity index (χ1) is 16.7. The molecule has 0 aromatic carbocycles. The summed E-state index contributed by atoms with van der Waals surface area (Å²) in [5.74, 6) is 1.39. The summed E-state index contributed by atoms with van der Waals surface area (Å²) in [7, 11) is 1.41. The van der Waals surface area contributed by atoms with Crippen LogP contribution in [-0.2, 0) is 14.3 Å². The topological polar surface area (TPSA) is 76.0 Å². The van der Waals surface area contributed by atoms with Crippen molar-refractivity contribution < 1.29 is 19.5 Å². The van der Waals surface area contributed by atoms with Crippen LogP contribution in [0.5, 0.6) is 0 Å². The van der Waals surface area contributed by atoms with Crippen molar-refractivity contribution in [2.75, 3.05) is 7.11 Å². The van der Waals surface area contributed by atoms with E-state index in [1.807, 2.05) is 6.92 Å². The number of esters is 1. The molecule has 36 heavy (non-hydrogen) atoms. The maximum Gasteiger partial charge on any atom is 0.317 e. The average Bonchev–Trinajstić information content (AvgIpc) is 2.82. The van der Waals surface area contributed by atoms with E-state index in [-0.39, 0.29) is 45.2 Å². The number of nitrogens with zero attached hydrogens (tertiary/aromatic N) is 1. The Morgan fingerprint density at radius 1 is 1.03 bits per heavy atom. The Labute approximate surface area is 217 Å². The van der Waals surface area contributed by atoms with Gasteiger partial charge in [-0.1, -0.05) is 52.3 Å². The van der Waals surface area contributed by atoms with Crippen LogP contribution in [0.15, 0.2) is 16.8 Å². The number of ketones is 1. The van der Waals surface area contributed by atoms with E-state index in [0.29, 0.717) is 29.9 Å². The second kappa shape index (κ2) is 7.93. The van der Waals surface area contributed by atoms with E-state index in [0.717, 1.165) is 25.7 Å². The van der Waals surface area contributed by atoms with Gasteiger partial charge in [-0.05, 0) is 110 Å². The fourth-order valence-electron chi connectivity index (χ4n) is 10.8. The number of hydrogen-bond acceptors (Lipinski definition) is 5. The summed E-state index contributed by atoms with van der Waals surface area (Å²) in [6, 6.07) is 0. The Bertz CT molecular complexity index is 1050. The molecule has 10 atom stereocenters. The third kappa shape index (κ3) is 2.92. The van der Waals surface area contributed by atoms with Gasteiger partial charge >= 0.3 is 5.97 Å². The highest BCUT2D eigenvalue weighted by Crippen LogP contribution is 2.75. The number of rotatable bonds is 1. The molecule has 0 aromatic heterocycles. The van der Waals surface area contributed by atoms with Crippen molar-refractivity contribution in [1.29, 1.82) is 0 Å². The lowest BCUT2D eigenvalue weighted by atomic mass is 9.33. The smallest absolute Gasteiger partial charge is 0.317 e. The molecule has 0 spiro atoms. The Hall–Kier alpha value is -1.65. The van der Waals surface area contributed by atoms with Gasteiger partial charge in [-0.15, -0.1) is 0 Å². The molecule has 0 bridgehead atoms. The third-order valence-corrected chi connectivity index (χ3v) is 13.3. The van der Waals surface area contributed by atoms with E-state index in [9.17, 15) is 14.8 Å². The molecule has 5 aliphatic rings. The van der Waals surface area contributed by atoms with Crippen LogP contribution in [-0.4, -0.2) is 29.8 Å². The molecule has 0 amide bonds. The number of ether oxygens (including phenoxy) is 1. The van der Waals surface area contributed by atoms with Gasteiger partial charge in [-0.2, -0.15) is 0 Å². The lowest BCUT2D eigenvalue weighted by Crippen LogP contribution is -2.67. The largest absolute Gasteiger partial charge is 0.468 e. The summed E-state index contributed by atoms with van der Waals surface area (Å²) < 4.78 is 5.28. The molecular formula is C31H47NO4. The molecule has 5 nitrogen and oxygen atoms in total. The molecule has 0 radical (unpaired) electrons. The van der Waals surface area contributed by atoms with Crippen LogP contribution in [0.3, 0.4) is 0 Å². The first-order valence-corrected chi connectivity index (χ1v) is 14.3. The van der Waals surface area contributed by atoms with Crippen molar-refractivity contribution in [2.24, 2.45) is 61.8 Å². The molecule has 0 unspecified atom stereocenters. The van der Waals surface area contributed by atoms with Gasteiger partial charge in [0.2, 0.25) is 0 Å². The Kier molecular flexibility index (Phi) is 5.72. The predicted molar refractivity (Wildman–Crippen MR) is 141 cm³/mol. The number of carbonyl (C=O) groups excluding carboxylic acids is 2. The van der Waals surface area contributed by atoms with Crippen molar-refractivity contribution in [3.05, 3.63) is 11.6 Å². The molecular weight excluding hydrogens is 450 g/mol. The monoisotopic (exact) mass is 497 g/mol. The highest BCUT2D eigenvalue weighted by atomic mass is 16.5. The molecule has 0 aliphatic heterocycles. The average molecular weight is 498 g/mol. The van der Waals surface area contributed by atoms with Gasteiger partial charge in [0, 0.05) is 5.92 Å². The summed E-state index contributed by atoms with van der Waals surface area (Å²) in [5.41, 5.74) is 0.659. The van der Waals surface area contributed by atoms with E-state index >= 15 is 0 Å². The normalized spacial score (nSPS) is 53.4. The van der Waals surface area contributed by atoms with E-state index in [1.54, 1.807) is 0 Å². The number of carbonyl (C=O) groups is 2. The Morgan fingerprint density at radius 3 is 2.36 bits per heavy atom. The van der Waals surface area contributed by atoms with Crippen LogP contribution in [0.4, 0.5) is 0 Å². The molecule has 1 N–H and O–H groups in total. The van der Waals surface area contributed by atoms with Crippen molar-refractivity contribution in [2.45, 2.75) is 99.8 Å². The first-order valence-electron chi connectivity index (χ1n) is 14.3. The molecule has 4 saturated carbocycles. The van der Waals surface area contributed by atoms with Crippen molar-refractivity contribution in [3.8, 4) is 0 Å². The van der Waals surface area contributed by atoms with E-state index < -0.39 is 5.41 Å². The lowest BCUT2D eigenvalue weighted by molar-refractivity contribution is -0.185. The SMILES string of the molecule is COC(=O)[C@@]1(C)/C(=N\O)CC[C@@]2(C)[C@H]1CC[C@]1(C)[C@@H]2C(=O)C=C2[C@@H]3[C@@H](C)[C@H](C)CC[C@]3(C)CC[C@]21C. The van der Waals surface area contributed by atoms with Gasteiger partial charge in [0.05, 0.1) is 12.8 Å². The number of fused-ring (bicyclic) bond motifs is 7. The van der Waals surface area contributed by atoms with Crippen LogP contribution >= 0.6 is 0 Å². The number of methoxy groups -OCH3 is 1. The third-order valence-electron chi connectivity index (χ3n) is 13.3. The van der Waals surface area contributed by atoms with Crippen LogP contribution in [0.1, 0.15) is 99.8 Å². The van der Waals surface area contributed by atoms with Crippen LogP contribution in [0, 0.1) is 56.7 Å². The van der Waals surface area contributed by atoms with Gasteiger partial charge in [0.25, 0.3) is 0 Å². The quantitative estimate of drug-likeness (QED) is 0.245. The molecule has 5 heteroatoms. The fraction of sp³-hybridized carbons (Fsp3) is 0.839. The van der Waals surface area contributed by atoms with Gasteiger partial charge in [0.1, 0.15) is 5.41 Å². The maximum atomic E-state index is 14.4. The van der Waals surface area contributed by atoms with Crippen molar-refractivity contribution >= 4 is 17.5 Å². The van der Waals surface area contributed by atoms with Gasteiger partial charge in [0.15, 0.2) is 5.78 Å². The summed E-state index contributed by atoms with van der Waals surface area (Å²) >= 11 is 0. The first kappa shape index (κ1) is 26.0. The molecule has 0 heterocycles. The zero-order chi connectivity index (χ0) is 26.5. The highest BCUT2D eigenvalue weighted by Gasteiger charge is 2.71. The van der Waals surface area contributed by atoms with Gasteiger partial charge in [-0.25, -0.2) is 0 Å². The molecule has 4 fully saturated rings. The number of allylic oxidation sites excluding steroid dienone is 2. The minimum absolute atomic E-state index is 0.0257. The minimum Gasteiger partial charge on any atom is -0.468 e. The van der Waals surface area contributed by atoms with Crippen LogP contribution in [0.25, 0.3) is 0 Å². The lowest BCUT2D eigenvalue weighted by Gasteiger charge is -2.70. The van der Waals surface area contributed by atoms with E-state index in [4.69, 9.17) is 4.74 Å². The minimum atomic E-state index is -1.01. The Morgan fingerprint density at radius 2 is 1.72 bits per heavy atom. The standard InChI is InChI=1S/C31H47NO4/c1-18-9-12-27(3)15-16-29(5)20(24(27)19(18)2)17-21(33)25-28(4)13-11-23(32-35)31(7,26(34)36-8)22(28)10-14-30(25,29)6/h17-19,22,24-25,35H,9-16H2,1-8H3/b32-23-/t18-,19+,22-,24+,25-,27-,28+,29-,30-,31-/m1/s1. The zero-order valence-electron chi connectivity index (χ0n) is 23.7. The van der Waals surface area contributed by atoms with Crippen molar-refractivity contribution in [3.63, 3.8) is 0 Å². The summed E-state index contributed by atoms with van der Waals surface area (Å²) in [6.07, 6.45) is 9.99. The molecule has 0 aromatic rings. The molecule has 200 valence electrons.